The quantitative estimate of drug-likeness (QED) is 0.311. The maximum atomic E-state index is 12.0. The van der Waals surface area contributed by atoms with Crippen LogP contribution >= 0.6 is 0 Å². The second-order valence-electron chi connectivity index (χ2n) is 10.4. The molecule has 12 nitrogen and oxygen atoms in total. The highest BCUT2D eigenvalue weighted by molar-refractivity contribution is 5.46. The van der Waals surface area contributed by atoms with Crippen LogP contribution in [0.1, 0.15) is 89.9 Å². The Labute approximate surface area is 219 Å². The smallest absolute Gasteiger partial charge is 0.211 e. The van der Waals surface area contributed by atoms with Gasteiger partial charge in [-0.3, -0.25) is 0 Å². The van der Waals surface area contributed by atoms with Gasteiger partial charge in [0.25, 0.3) is 0 Å². The molecule has 0 aromatic heterocycles. The summed E-state index contributed by atoms with van der Waals surface area (Å²) in [5.74, 6) is -0.912. The first-order valence-corrected chi connectivity index (χ1v) is 13.0. The lowest BCUT2D eigenvalue weighted by Crippen LogP contribution is -2.66. The highest BCUT2D eigenvalue weighted by atomic mass is 16.1. The first-order valence-electron chi connectivity index (χ1n) is 13.0. The molecule has 0 N–H and O–H groups in total. The van der Waals surface area contributed by atoms with Crippen LogP contribution in [0.5, 0.6) is 0 Å². The van der Waals surface area contributed by atoms with Crippen LogP contribution < -0.4 is 0 Å². The van der Waals surface area contributed by atoms with Crippen LogP contribution in [0.3, 0.4) is 0 Å². The van der Waals surface area contributed by atoms with Gasteiger partial charge in [-0.2, -0.15) is 30.0 Å². The number of hydrogen-bond acceptors (Lipinski definition) is 12. The van der Waals surface area contributed by atoms with E-state index in [9.17, 15) is 28.8 Å². The normalized spacial score (nSPS) is 29.1. The van der Waals surface area contributed by atoms with Gasteiger partial charge < -0.3 is 0 Å². The molecule has 0 atom stereocenters. The first-order chi connectivity index (χ1) is 18.5. The predicted molar refractivity (Wildman–Crippen MR) is 131 cm³/mol. The molecule has 38 heavy (non-hydrogen) atoms. The minimum absolute atomic E-state index is 0.0525. The Morgan fingerprint density at radius 3 is 1.11 bits per heavy atom. The zero-order valence-corrected chi connectivity index (χ0v) is 21.2. The molecule has 0 heterocycles. The SMILES string of the molecule is O=C=NC1(N=C=O)CCC(C(N=C=O)(N=C=O)C2CCCCC2)(C(N=C=O)(N=C=O)C2CCCCC2)CC1. The molecule has 0 saturated heterocycles. The molecule has 200 valence electrons. The van der Waals surface area contributed by atoms with Crippen molar-refractivity contribution in [1.82, 2.24) is 0 Å². The van der Waals surface area contributed by atoms with Crippen LogP contribution in [0.4, 0.5) is 0 Å². The van der Waals surface area contributed by atoms with E-state index in [0.29, 0.717) is 25.7 Å². The van der Waals surface area contributed by atoms with Crippen molar-refractivity contribution in [2.75, 3.05) is 0 Å². The summed E-state index contributed by atoms with van der Waals surface area (Å²) in [5, 5.41) is 0. The summed E-state index contributed by atoms with van der Waals surface area (Å²) >= 11 is 0. The van der Waals surface area contributed by atoms with E-state index in [2.05, 4.69) is 30.0 Å². The summed E-state index contributed by atoms with van der Waals surface area (Å²) < 4.78 is 0. The van der Waals surface area contributed by atoms with E-state index in [1.54, 1.807) is 24.3 Å². The lowest BCUT2D eigenvalue weighted by atomic mass is 9.49. The van der Waals surface area contributed by atoms with Gasteiger partial charge in [-0.15, -0.1) is 0 Å². The summed E-state index contributed by atoms with van der Waals surface area (Å²) in [5.41, 5.74) is -6.70. The maximum Gasteiger partial charge on any atom is 0.237 e. The van der Waals surface area contributed by atoms with Crippen LogP contribution in [0.2, 0.25) is 0 Å². The Hall–Kier alpha value is -3.72. The predicted octanol–water partition coefficient (Wildman–Crippen LogP) is 3.81. The van der Waals surface area contributed by atoms with Gasteiger partial charge in [0.1, 0.15) is 0 Å². The Morgan fingerprint density at radius 1 is 0.474 bits per heavy atom. The Morgan fingerprint density at radius 2 is 0.816 bits per heavy atom. The molecule has 0 aliphatic heterocycles. The van der Waals surface area contributed by atoms with Crippen molar-refractivity contribution >= 4 is 36.5 Å². The zero-order chi connectivity index (χ0) is 27.5. The Balaban J connectivity index is 2.43. The molecule has 3 fully saturated rings. The van der Waals surface area contributed by atoms with Crippen LogP contribution in [0, 0.1) is 17.3 Å². The molecule has 3 saturated carbocycles. The van der Waals surface area contributed by atoms with Gasteiger partial charge >= 0.3 is 0 Å². The second kappa shape index (κ2) is 12.7. The molecule has 0 bridgehead atoms. The summed E-state index contributed by atoms with van der Waals surface area (Å²) in [6, 6.07) is 0. The standard InChI is InChI=1S/C26H30N6O6/c33-15-27-24(28-16-34)13-11-23(12-14-24,25(29-17-35,30-18-36)21-7-3-1-4-8-21)26(31-19-37,32-20-38)22-9-5-2-6-10-22/h21-22H,1-14H2. The molecule has 12 heteroatoms. The lowest BCUT2D eigenvalue weighted by Gasteiger charge is -2.59. The molecule has 0 amide bonds. The van der Waals surface area contributed by atoms with Gasteiger partial charge in [-0.25, -0.2) is 28.8 Å². The highest BCUT2D eigenvalue weighted by Gasteiger charge is 2.71. The minimum Gasteiger partial charge on any atom is -0.211 e. The topological polar surface area (TPSA) is 177 Å². The monoisotopic (exact) mass is 522 g/mol. The van der Waals surface area contributed by atoms with Crippen molar-refractivity contribution in [2.24, 2.45) is 47.2 Å². The minimum atomic E-state index is -1.84. The molecule has 0 spiro atoms. The fourth-order valence-electron chi connectivity index (χ4n) is 7.42. The van der Waals surface area contributed by atoms with Crippen LogP contribution in [-0.2, 0) is 28.8 Å². The van der Waals surface area contributed by atoms with Crippen molar-refractivity contribution in [2.45, 2.75) is 107 Å². The number of carbonyl (C=O) groups excluding carboxylic acids is 6. The van der Waals surface area contributed by atoms with Crippen LogP contribution in [0.25, 0.3) is 0 Å². The summed E-state index contributed by atoms with van der Waals surface area (Å²) in [4.78, 5) is 95.0. The van der Waals surface area contributed by atoms with Gasteiger partial charge in [0.2, 0.25) is 36.5 Å². The number of nitrogens with zero attached hydrogens (tertiary/aromatic N) is 6. The molecule has 3 aliphatic carbocycles. The van der Waals surface area contributed by atoms with Crippen molar-refractivity contribution < 1.29 is 28.8 Å². The molecular formula is C26H30N6O6. The lowest BCUT2D eigenvalue weighted by molar-refractivity contribution is -0.0849. The van der Waals surface area contributed by atoms with E-state index < -0.39 is 34.2 Å². The number of aliphatic imine (C=N–C) groups is 6. The first kappa shape index (κ1) is 28.8. The fourth-order valence-corrected chi connectivity index (χ4v) is 7.42. The van der Waals surface area contributed by atoms with E-state index in [-0.39, 0.29) is 25.7 Å². The molecule has 0 unspecified atom stereocenters. The third kappa shape index (κ3) is 4.90. The number of rotatable bonds is 10. The summed E-state index contributed by atoms with van der Waals surface area (Å²) in [6.45, 7) is 0. The largest absolute Gasteiger partial charge is 0.237 e. The fraction of sp³-hybridized carbons (Fsp3) is 0.769. The zero-order valence-electron chi connectivity index (χ0n) is 21.2. The molecule has 0 radical (unpaired) electrons. The van der Waals surface area contributed by atoms with Crippen molar-refractivity contribution in [3.63, 3.8) is 0 Å². The average Bonchev–Trinajstić information content (AvgIpc) is 2.94. The van der Waals surface area contributed by atoms with Gasteiger partial charge in [0, 0.05) is 11.8 Å². The summed E-state index contributed by atoms with van der Waals surface area (Å²) in [7, 11) is 0. The Bertz CT molecular complexity index is 1040. The molecule has 3 aliphatic rings. The van der Waals surface area contributed by atoms with E-state index in [1.165, 1.54) is 12.2 Å². The van der Waals surface area contributed by atoms with Crippen molar-refractivity contribution in [3.8, 4) is 0 Å². The van der Waals surface area contributed by atoms with E-state index in [1.807, 2.05) is 0 Å². The van der Waals surface area contributed by atoms with Gasteiger partial charge in [0.05, 0.1) is 5.41 Å². The third-order valence-corrected chi connectivity index (χ3v) is 9.03. The molecule has 0 aromatic carbocycles. The molecular weight excluding hydrogens is 492 g/mol. The third-order valence-electron chi connectivity index (χ3n) is 9.03. The second-order valence-corrected chi connectivity index (χ2v) is 10.4. The number of hydrogen-bond donors (Lipinski definition) is 0. The van der Waals surface area contributed by atoms with Gasteiger partial charge in [-0.05, 0) is 51.4 Å². The maximum absolute atomic E-state index is 12.0. The Kier molecular flexibility index (Phi) is 9.63. The van der Waals surface area contributed by atoms with Crippen molar-refractivity contribution in [1.29, 1.82) is 0 Å². The van der Waals surface area contributed by atoms with Gasteiger partial charge in [-0.1, -0.05) is 38.5 Å². The molecule has 3 rings (SSSR count). The number of isocyanates is 6. The van der Waals surface area contributed by atoms with E-state index in [0.717, 1.165) is 38.5 Å². The highest BCUT2D eigenvalue weighted by Crippen LogP contribution is 2.65. The van der Waals surface area contributed by atoms with Crippen LogP contribution in [-0.4, -0.2) is 53.5 Å². The molecule has 0 aromatic rings. The van der Waals surface area contributed by atoms with E-state index >= 15 is 0 Å². The van der Waals surface area contributed by atoms with Gasteiger partial charge in [0.15, 0.2) is 17.0 Å². The average molecular weight is 523 g/mol. The van der Waals surface area contributed by atoms with E-state index in [4.69, 9.17) is 0 Å². The van der Waals surface area contributed by atoms with Crippen molar-refractivity contribution in [3.05, 3.63) is 0 Å². The summed E-state index contributed by atoms with van der Waals surface area (Å²) in [6.07, 6.45) is 16.3. The van der Waals surface area contributed by atoms with Crippen LogP contribution in [0.15, 0.2) is 30.0 Å².